The lowest BCUT2D eigenvalue weighted by Crippen LogP contribution is -2.46. The van der Waals surface area contributed by atoms with Gasteiger partial charge in [-0.15, -0.1) is 0 Å². The molecule has 1 aliphatic carbocycles. The van der Waals surface area contributed by atoms with E-state index in [1.807, 2.05) is 17.9 Å². The van der Waals surface area contributed by atoms with Gasteiger partial charge in [0.25, 0.3) is 11.8 Å². The minimum absolute atomic E-state index is 0.0775. The summed E-state index contributed by atoms with van der Waals surface area (Å²) < 4.78 is 10.5. The van der Waals surface area contributed by atoms with Crippen molar-refractivity contribution in [3.8, 4) is 0 Å². The van der Waals surface area contributed by atoms with Crippen LogP contribution < -0.4 is 0 Å². The minimum Gasteiger partial charge on any atom is -0.375 e. The van der Waals surface area contributed by atoms with Crippen molar-refractivity contribution in [2.45, 2.75) is 51.0 Å². The van der Waals surface area contributed by atoms with Gasteiger partial charge in [-0.25, -0.2) is 0 Å². The van der Waals surface area contributed by atoms with Gasteiger partial charge in [0.15, 0.2) is 5.82 Å². The molecule has 2 aromatic heterocycles. The Kier molecular flexibility index (Phi) is 4.95. The van der Waals surface area contributed by atoms with Crippen LogP contribution in [0.1, 0.15) is 59.9 Å². The average Bonchev–Trinajstić information content (AvgIpc) is 3.35. The van der Waals surface area contributed by atoms with E-state index in [0.717, 1.165) is 36.7 Å². The second kappa shape index (κ2) is 7.38. The van der Waals surface area contributed by atoms with E-state index in [9.17, 15) is 4.79 Å². The summed E-state index contributed by atoms with van der Waals surface area (Å²) in [6.45, 7) is 3.65. The highest BCUT2D eigenvalue weighted by Crippen LogP contribution is 2.46. The number of nitrogens with zero attached hydrogens (tertiary/aromatic N) is 4. The normalized spacial score (nSPS) is 19.3. The third kappa shape index (κ3) is 3.88. The molecule has 3 heterocycles. The summed E-state index contributed by atoms with van der Waals surface area (Å²) in [6.07, 6.45) is 7.07. The number of methoxy groups -OCH3 is 1. The summed E-state index contributed by atoms with van der Waals surface area (Å²) in [7, 11) is 1.62. The molecule has 27 heavy (non-hydrogen) atoms. The molecule has 0 aromatic carbocycles. The molecule has 1 amide bonds. The van der Waals surface area contributed by atoms with E-state index in [0.29, 0.717) is 31.2 Å². The third-order valence-corrected chi connectivity index (χ3v) is 5.74. The molecule has 0 spiro atoms. The van der Waals surface area contributed by atoms with Gasteiger partial charge in [0.05, 0.1) is 0 Å². The fourth-order valence-corrected chi connectivity index (χ4v) is 4.04. The van der Waals surface area contributed by atoms with Crippen LogP contribution >= 0.6 is 0 Å². The van der Waals surface area contributed by atoms with Crippen molar-refractivity contribution in [1.82, 2.24) is 20.0 Å². The second-order valence-electron chi connectivity index (χ2n) is 7.85. The van der Waals surface area contributed by atoms with Crippen molar-refractivity contribution in [1.29, 1.82) is 0 Å². The number of aromatic nitrogens is 3. The Labute approximate surface area is 159 Å². The standard InChI is InChI=1S/C20H26N4O3/c1-14-11-16(5-8-21-14)18(25)24-9-6-20(7-10-24,12-15-3-4-15)19-22-17(13-26-2)27-23-19/h5,8,11,15H,3-4,6-7,9-10,12-13H2,1-2H3. The van der Waals surface area contributed by atoms with Gasteiger partial charge < -0.3 is 14.2 Å². The number of carbonyl (C=O) groups excluding carboxylic acids is 1. The third-order valence-electron chi connectivity index (χ3n) is 5.74. The van der Waals surface area contributed by atoms with E-state index in [2.05, 4.69) is 15.1 Å². The first kappa shape index (κ1) is 18.1. The van der Waals surface area contributed by atoms with E-state index in [-0.39, 0.29) is 11.3 Å². The van der Waals surface area contributed by atoms with Crippen molar-refractivity contribution < 1.29 is 14.1 Å². The summed E-state index contributed by atoms with van der Waals surface area (Å²) in [5.41, 5.74) is 1.47. The molecular weight excluding hydrogens is 344 g/mol. The van der Waals surface area contributed by atoms with Gasteiger partial charge in [-0.3, -0.25) is 9.78 Å². The van der Waals surface area contributed by atoms with Gasteiger partial charge in [-0.2, -0.15) is 4.98 Å². The van der Waals surface area contributed by atoms with Crippen LogP contribution in [0.2, 0.25) is 0 Å². The number of hydrogen-bond donors (Lipinski definition) is 0. The van der Waals surface area contributed by atoms with Gasteiger partial charge in [0.2, 0.25) is 0 Å². The van der Waals surface area contributed by atoms with Crippen molar-refractivity contribution in [2.24, 2.45) is 5.92 Å². The maximum absolute atomic E-state index is 12.9. The van der Waals surface area contributed by atoms with E-state index in [1.165, 1.54) is 12.8 Å². The Morgan fingerprint density at radius 1 is 1.37 bits per heavy atom. The molecule has 2 aromatic rings. The van der Waals surface area contributed by atoms with Crippen molar-refractivity contribution in [2.75, 3.05) is 20.2 Å². The number of piperidine rings is 1. The zero-order valence-corrected chi connectivity index (χ0v) is 16.0. The van der Waals surface area contributed by atoms with Crippen molar-refractivity contribution >= 4 is 5.91 Å². The summed E-state index contributed by atoms with van der Waals surface area (Å²) in [4.78, 5) is 23.6. The van der Waals surface area contributed by atoms with Gasteiger partial charge in [-0.1, -0.05) is 18.0 Å². The zero-order chi connectivity index (χ0) is 18.9. The SMILES string of the molecule is COCc1nc(C2(CC3CC3)CCN(C(=O)c3ccnc(C)c3)CC2)no1. The lowest BCUT2D eigenvalue weighted by Gasteiger charge is -2.40. The summed E-state index contributed by atoms with van der Waals surface area (Å²) in [6, 6.07) is 3.64. The van der Waals surface area contributed by atoms with Crippen LogP contribution in [0.15, 0.2) is 22.9 Å². The van der Waals surface area contributed by atoms with Crippen LogP contribution in [-0.4, -0.2) is 46.1 Å². The smallest absolute Gasteiger partial charge is 0.253 e. The largest absolute Gasteiger partial charge is 0.375 e. The first-order chi connectivity index (χ1) is 13.1. The molecule has 7 heteroatoms. The number of likely N-dealkylation sites (tertiary alicyclic amines) is 1. The van der Waals surface area contributed by atoms with Crippen LogP contribution in [0.25, 0.3) is 0 Å². The second-order valence-corrected chi connectivity index (χ2v) is 7.85. The maximum Gasteiger partial charge on any atom is 0.253 e. The van der Waals surface area contributed by atoms with Gasteiger partial charge in [0, 0.05) is 43.1 Å². The molecule has 0 N–H and O–H groups in total. The van der Waals surface area contributed by atoms with Gasteiger partial charge in [-0.05, 0) is 44.2 Å². The van der Waals surface area contributed by atoms with Crippen molar-refractivity contribution in [3.63, 3.8) is 0 Å². The first-order valence-electron chi connectivity index (χ1n) is 9.63. The molecule has 0 bridgehead atoms. The Morgan fingerprint density at radius 2 is 2.15 bits per heavy atom. The van der Waals surface area contributed by atoms with Crippen LogP contribution in [0.4, 0.5) is 0 Å². The fourth-order valence-electron chi connectivity index (χ4n) is 4.04. The topological polar surface area (TPSA) is 81.4 Å². The molecule has 0 atom stereocenters. The Bertz CT molecular complexity index is 807. The van der Waals surface area contributed by atoms with Gasteiger partial charge >= 0.3 is 0 Å². The molecular formula is C20H26N4O3. The van der Waals surface area contributed by atoms with E-state index < -0.39 is 0 Å². The molecule has 4 rings (SSSR count). The lowest BCUT2D eigenvalue weighted by molar-refractivity contribution is 0.0645. The highest BCUT2D eigenvalue weighted by atomic mass is 16.5. The number of pyridine rings is 1. The molecule has 2 aliphatic rings. The lowest BCUT2D eigenvalue weighted by atomic mass is 9.73. The molecule has 0 unspecified atom stereocenters. The predicted octanol–water partition coefficient (Wildman–Crippen LogP) is 2.89. The van der Waals surface area contributed by atoms with Crippen LogP contribution in [0, 0.1) is 12.8 Å². The number of carbonyl (C=O) groups is 1. The molecule has 7 nitrogen and oxygen atoms in total. The number of rotatable bonds is 6. The number of amides is 1. The molecule has 1 saturated heterocycles. The summed E-state index contributed by atoms with van der Waals surface area (Å²) >= 11 is 0. The number of aryl methyl sites for hydroxylation is 1. The molecule has 2 fully saturated rings. The average molecular weight is 370 g/mol. The molecule has 144 valence electrons. The number of hydrogen-bond acceptors (Lipinski definition) is 6. The van der Waals surface area contributed by atoms with Crippen LogP contribution in [0.3, 0.4) is 0 Å². The summed E-state index contributed by atoms with van der Waals surface area (Å²) in [5.74, 6) is 2.13. The van der Waals surface area contributed by atoms with Gasteiger partial charge in [0.1, 0.15) is 6.61 Å². The zero-order valence-electron chi connectivity index (χ0n) is 16.0. The molecule has 1 aliphatic heterocycles. The van der Waals surface area contributed by atoms with E-state index in [4.69, 9.17) is 9.26 Å². The van der Waals surface area contributed by atoms with E-state index in [1.54, 1.807) is 19.4 Å². The highest BCUT2D eigenvalue weighted by Gasteiger charge is 2.44. The monoisotopic (exact) mass is 370 g/mol. The predicted molar refractivity (Wildman–Crippen MR) is 98.1 cm³/mol. The fraction of sp³-hybridized carbons (Fsp3) is 0.600. The Hall–Kier alpha value is -2.28. The summed E-state index contributed by atoms with van der Waals surface area (Å²) in [5, 5.41) is 4.27. The van der Waals surface area contributed by atoms with Crippen LogP contribution in [0.5, 0.6) is 0 Å². The molecule has 0 radical (unpaired) electrons. The Balaban J connectivity index is 1.49. The molecule has 1 saturated carbocycles. The minimum atomic E-state index is -0.0956. The Morgan fingerprint density at radius 3 is 2.81 bits per heavy atom. The quantitative estimate of drug-likeness (QED) is 0.778. The van der Waals surface area contributed by atoms with Crippen molar-refractivity contribution in [3.05, 3.63) is 41.3 Å². The van der Waals surface area contributed by atoms with E-state index >= 15 is 0 Å². The maximum atomic E-state index is 12.9. The van der Waals surface area contributed by atoms with Crippen LogP contribution in [-0.2, 0) is 16.8 Å². The number of ether oxygens (including phenoxy) is 1. The highest BCUT2D eigenvalue weighted by molar-refractivity contribution is 5.94. The first-order valence-corrected chi connectivity index (χ1v) is 9.63.